The van der Waals surface area contributed by atoms with E-state index in [0.29, 0.717) is 0 Å². The fourth-order valence-electron chi connectivity index (χ4n) is 4.51. The first kappa shape index (κ1) is 28.6. The second-order valence-electron chi connectivity index (χ2n) is 10.0. The van der Waals surface area contributed by atoms with Crippen molar-refractivity contribution in [3.63, 3.8) is 0 Å². The number of benzene rings is 2. The molecular formula is C32H52N2. The molecule has 2 heteroatoms. The van der Waals surface area contributed by atoms with Gasteiger partial charge in [-0.1, -0.05) is 127 Å². The maximum atomic E-state index is 3.57. The molecule has 0 bridgehead atoms. The fourth-order valence-corrected chi connectivity index (χ4v) is 4.51. The largest absolute Gasteiger partial charge is 0.311 e. The molecule has 190 valence electrons. The first-order valence-electron chi connectivity index (χ1n) is 14.4. The Hall–Kier alpha value is -1.64. The lowest BCUT2D eigenvalue weighted by Gasteiger charge is -2.09. The van der Waals surface area contributed by atoms with Crippen LogP contribution in [0, 0.1) is 0 Å². The number of aryl methyl sites for hydroxylation is 2. The highest BCUT2D eigenvalue weighted by atomic mass is 14.9. The highest BCUT2D eigenvalue weighted by Crippen LogP contribution is 2.12. The smallest absolute Gasteiger partial charge is 0.0206 e. The van der Waals surface area contributed by atoms with Gasteiger partial charge >= 0.3 is 0 Å². The van der Waals surface area contributed by atoms with E-state index in [4.69, 9.17) is 0 Å². The molecule has 0 aliphatic carbocycles. The third-order valence-electron chi connectivity index (χ3n) is 6.82. The van der Waals surface area contributed by atoms with Gasteiger partial charge in [0.25, 0.3) is 0 Å². The summed E-state index contributed by atoms with van der Waals surface area (Å²) in [6.45, 7) is 8.46. The maximum Gasteiger partial charge on any atom is 0.0206 e. The van der Waals surface area contributed by atoms with Gasteiger partial charge < -0.3 is 10.6 Å². The van der Waals surface area contributed by atoms with Crippen LogP contribution in [-0.4, -0.2) is 13.1 Å². The summed E-state index contributed by atoms with van der Waals surface area (Å²) in [5.41, 5.74) is 5.73. The summed E-state index contributed by atoms with van der Waals surface area (Å²) in [7, 11) is 0. The quantitative estimate of drug-likeness (QED) is 0.181. The van der Waals surface area contributed by atoms with Crippen molar-refractivity contribution in [3.8, 4) is 0 Å². The van der Waals surface area contributed by atoms with E-state index in [2.05, 4.69) is 73.0 Å². The molecule has 2 nitrogen and oxygen atoms in total. The summed E-state index contributed by atoms with van der Waals surface area (Å²) < 4.78 is 0. The van der Waals surface area contributed by atoms with E-state index in [1.54, 1.807) is 0 Å². The van der Waals surface area contributed by atoms with Gasteiger partial charge in [-0.15, -0.1) is 0 Å². The van der Waals surface area contributed by atoms with Gasteiger partial charge in [0.05, 0.1) is 0 Å². The highest BCUT2D eigenvalue weighted by molar-refractivity contribution is 5.23. The van der Waals surface area contributed by atoms with E-state index in [0.717, 1.165) is 26.2 Å². The Balaban J connectivity index is 1.48. The molecule has 0 amide bonds. The van der Waals surface area contributed by atoms with Crippen molar-refractivity contribution < 1.29 is 0 Å². The first-order chi connectivity index (χ1) is 16.8. The molecule has 0 unspecified atom stereocenters. The van der Waals surface area contributed by atoms with Crippen LogP contribution in [0.15, 0.2) is 48.5 Å². The van der Waals surface area contributed by atoms with Crippen molar-refractivity contribution >= 4 is 0 Å². The van der Waals surface area contributed by atoms with Gasteiger partial charge in [-0.25, -0.2) is 0 Å². The van der Waals surface area contributed by atoms with Crippen molar-refractivity contribution in [2.45, 2.75) is 117 Å². The van der Waals surface area contributed by atoms with Crippen LogP contribution in [0.5, 0.6) is 0 Å². The van der Waals surface area contributed by atoms with Crippen LogP contribution < -0.4 is 10.6 Å². The van der Waals surface area contributed by atoms with Crippen LogP contribution >= 0.6 is 0 Å². The Morgan fingerprint density at radius 2 is 0.735 bits per heavy atom. The Morgan fingerprint density at radius 1 is 0.412 bits per heavy atom. The molecule has 0 aliphatic rings. The second-order valence-corrected chi connectivity index (χ2v) is 10.0. The SMILES string of the molecule is CCCCCCCCc1ccc(CNCCNCc2ccc(CCCCCCCC)cc2)cc1. The molecular weight excluding hydrogens is 412 g/mol. The summed E-state index contributed by atoms with van der Waals surface area (Å²) >= 11 is 0. The fraction of sp³-hybridized carbons (Fsp3) is 0.625. The molecule has 34 heavy (non-hydrogen) atoms. The van der Waals surface area contributed by atoms with Crippen LogP contribution in [0.2, 0.25) is 0 Å². The van der Waals surface area contributed by atoms with E-state index in [-0.39, 0.29) is 0 Å². The number of hydrogen-bond acceptors (Lipinski definition) is 2. The predicted molar refractivity (Wildman–Crippen MR) is 150 cm³/mol. The summed E-state index contributed by atoms with van der Waals surface area (Å²) in [5.74, 6) is 0. The van der Waals surface area contributed by atoms with Crippen LogP contribution in [0.4, 0.5) is 0 Å². The van der Waals surface area contributed by atoms with Crippen molar-refractivity contribution in [2.75, 3.05) is 13.1 Å². The van der Waals surface area contributed by atoms with E-state index < -0.39 is 0 Å². The van der Waals surface area contributed by atoms with Gasteiger partial charge in [-0.3, -0.25) is 0 Å². The normalized spacial score (nSPS) is 11.2. The van der Waals surface area contributed by atoms with Gasteiger partial charge in [0, 0.05) is 26.2 Å². The number of rotatable bonds is 21. The summed E-state index contributed by atoms with van der Waals surface area (Å²) in [5, 5.41) is 7.13. The zero-order valence-electron chi connectivity index (χ0n) is 22.3. The lowest BCUT2D eigenvalue weighted by Crippen LogP contribution is -2.26. The molecule has 0 aromatic heterocycles. The minimum absolute atomic E-state index is 0.951. The number of hydrogen-bond donors (Lipinski definition) is 2. The van der Waals surface area contributed by atoms with Crippen molar-refractivity contribution in [3.05, 3.63) is 70.8 Å². The number of unbranched alkanes of at least 4 members (excludes halogenated alkanes) is 10. The Kier molecular flexibility index (Phi) is 16.5. The van der Waals surface area contributed by atoms with E-state index in [9.17, 15) is 0 Å². The monoisotopic (exact) mass is 464 g/mol. The molecule has 2 N–H and O–H groups in total. The minimum atomic E-state index is 0.951. The van der Waals surface area contributed by atoms with Crippen LogP contribution in [0.3, 0.4) is 0 Å². The molecule has 0 saturated heterocycles. The average Bonchev–Trinajstić information content (AvgIpc) is 2.87. The van der Waals surface area contributed by atoms with Crippen LogP contribution in [0.1, 0.15) is 113 Å². The molecule has 0 heterocycles. The van der Waals surface area contributed by atoms with Gasteiger partial charge in [0.2, 0.25) is 0 Å². The molecule has 0 saturated carbocycles. The molecule has 0 radical (unpaired) electrons. The van der Waals surface area contributed by atoms with Crippen molar-refractivity contribution in [1.82, 2.24) is 10.6 Å². The molecule has 0 aliphatic heterocycles. The summed E-state index contributed by atoms with van der Waals surface area (Å²) in [6, 6.07) is 18.4. The Morgan fingerprint density at radius 3 is 1.12 bits per heavy atom. The topological polar surface area (TPSA) is 24.1 Å². The maximum absolute atomic E-state index is 3.57. The first-order valence-corrected chi connectivity index (χ1v) is 14.4. The molecule has 0 atom stereocenters. The standard InChI is InChI=1S/C32H52N2/c1-3-5-7-9-11-13-15-29-17-21-31(22-18-29)27-33-25-26-34-28-32-23-19-30(20-24-32)16-14-12-10-8-6-4-2/h17-24,33-34H,3-16,25-28H2,1-2H3. The van der Waals surface area contributed by atoms with Crippen LogP contribution in [0.25, 0.3) is 0 Å². The van der Waals surface area contributed by atoms with E-state index >= 15 is 0 Å². The molecule has 0 spiro atoms. The molecule has 2 aromatic carbocycles. The van der Waals surface area contributed by atoms with E-state index in [1.807, 2.05) is 0 Å². The lowest BCUT2D eigenvalue weighted by atomic mass is 10.0. The zero-order chi connectivity index (χ0) is 24.1. The minimum Gasteiger partial charge on any atom is -0.311 e. The average molecular weight is 465 g/mol. The zero-order valence-corrected chi connectivity index (χ0v) is 22.3. The van der Waals surface area contributed by atoms with Gasteiger partial charge in [-0.05, 0) is 47.9 Å². The van der Waals surface area contributed by atoms with Crippen molar-refractivity contribution in [2.24, 2.45) is 0 Å². The Labute approximate surface area is 211 Å². The third-order valence-corrected chi connectivity index (χ3v) is 6.82. The predicted octanol–water partition coefficient (Wildman–Crippen LogP) is 8.37. The molecule has 2 rings (SSSR count). The third kappa shape index (κ3) is 13.9. The van der Waals surface area contributed by atoms with Gasteiger partial charge in [0.1, 0.15) is 0 Å². The lowest BCUT2D eigenvalue weighted by molar-refractivity contribution is 0.606. The summed E-state index contributed by atoms with van der Waals surface area (Å²) in [4.78, 5) is 0. The molecule has 0 fully saturated rings. The summed E-state index contributed by atoms with van der Waals surface area (Å²) in [6.07, 6.45) is 18.9. The van der Waals surface area contributed by atoms with Crippen LogP contribution in [-0.2, 0) is 25.9 Å². The van der Waals surface area contributed by atoms with Gasteiger partial charge in [0.15, 0.2) is 0 Å². The van der Waals surface area contributed by atoms with Crippen molar-refractivity contribution in [1.29, 1.82) is 0 Å². The van der Waals surface area contributed by atoms with E-state index in [1.165, 1.54) is 112 Å². The molecule has 2 aromatic rings. The number of nitrogens with one attached hydrogen (secondary N) is 2. The highest BCUT2D eigenvalue weighted by Gasteiger charge is 1.99. The van der Waals surface area contributed by atoms with Gasteiger partial charge in [-0.2, -0.15) is 0 Å². The second kappa shape index (κ2) is 19.6. The Bertz CT molecular complexity index is 641.